The molecule has 2 amide bonds. The summed E-state index contributed by atoms with van der Waals surface area (Å²) in [6, 6.07) is 1.89. The summed E-state index contributed by atoms with van der Waals surface area (Å²) in [7, 11) is 0. The summed E-state index contributed by atoms with van der Waals surface area (Å²) in [5.41, 5.74) is 3.08. The lowest BCUT2D eigenvalue weighted by molar-refractivity contribution is -0.198. The lowest BCUT2D eigenvalue weighted by atomic mass is 10.1. The Balaban J connectivity index is 1.24. The van der Waals surface area contributed by atoms with Crippen LogP contribution in [0.5, 0.6) is 0 Å². The minimum absolute atomic E-state index is 0.136. The zero-order chi connectivity index (χ0) is 22.3. The Labute approximate surface area is 193 Å². The lowest BCUT2D eigenvalue weighted by Crippen LogP contribution is -2.35. The van der Waals surface area contributed by atoms with Crippen LogP contribution in [0.15, 0.2) is 18.3 Å². The van der Waals surface area contributed by atoms with Gasteiger partial charge in [-0.2, -0.15) is 0 Å². The lowest BCUT2D eigenvalue weighted by Gasteiger charge is -2.21. The van der Waals surface area contributed by atoms with Crippen LogP contribution in [0.4, 0.5) is 5.82 Å². The molecule has 1 aliphatic carbocycles. The van der Waals surface area contributed by atoms with Gasteiger partial charge >= 0.3 is 0 Å². The van der Waals surface area contributed by atoms with Gasteiger partial charge in [0, 0.05) is 50.3 Å². The minimum atomic E-state index is -0.387. The molecule has 2 aliphatic heterocycles. The van der Waals surface area contributed by atoms with E-state index >= 15 is 0 Å². The predicted octanol–water partition coefficient (Wildman–Crippen LogP) is 3.53. The molecule has 4 rings (SSSR count). The monoisotopic (exact) mass is 462 g/mol. The van der Waals surface area contributed by atoms with Crippen molar-refractivity contribution >= 4 is 35.3 Å². The van der Waals surface area contributed by atoms with Gasteiger partial charge in [0.15, 0.2) is 6.29 Å². The Morgan fingerprint density at radius 2 is 2.00 bits per heavy atom. The summed E-state index contributed by atoms with van der Waals surface area (Å²) in [5, 5.41) is 3.83. The van der Waals surface area contributed by atoms with Crippen LogP contribution in [0.2, 0.25) is 5.02 Å². The number of carbonyl (C=O) groups is 2. The molecule has 0 spiro atoms. The van der Waals surface area contributed by atoms with Gasteiger partial charge in [-0.25, -0.2) is 15.3 Å². The number of amides is 2. The first-order valence-corrected chi connectivity index (χ1v) is 11.9. The van der Waals surface area contributed by atoms with Gasteiger partial charge < -0.3 is 15.0 Å². The minimum Gasteiger partial charge on any atom is -0.364 e. The average molecular weight is 463 g/mol. The van der Waals surface area contributed by atoms with E-state index in [0.717, 1.165) is 57.9 Å². The molecule has 32 heavy (non-hydrogen) atoms. The molecule has 3 aliphatic rings. The van der Waals surface area contributed by atoms with Gasteiger partial charge in [0.05, 0.1) is 5.02 Å². The van der Waals surface area contributed by atoms with Crippen LogP contribution in [0.1, 0.15) is 56.9 Å². The zero-order valence-corrected chi connectivity index (χ0v) is 19.0. The fourth-order valence-corrected chi connectivity index (χ4v) is 4.72. The van der Waals surface area contributed by atoms with E-state index in [2.05, 4.69) is 15.8 Å². The molecule has 1 unspecified atom stereocenters. The third-order valence-electron chi connectivity index (χ3n) is 6.26. The number of likely N-dealkylation sites (tertiary alicyclic amines) is 1. The number of nitrogens with one attached hydrogen (secondary N) is 2. The number of carbonyl (C=O) groups excluding carboxylic acids is 2. The molecule has 3 fully saturated rings. The number of rotatable bonds is 7. The Bertz CT molecular complexity index is 837. The van der Waals surface area contributed by atoms with Gasteiger partial charge in [-0.15, -0.1) is 0 Å². The third kappa shape index (κ3) is 6.21. The topological polar surface area (TPSA) is 92.8 Å². The molecule has 3 heterocycles. The van der Waals surface area contributed by atoms with Gasteiger partial charge in [0.1, 0.15) is 5.82 Å². The molecule has 9 heteroatoms. The maximum absolute atomic E-state index is 12.6. The Hall–Kier alpha value is -2.16. The molecule has 1 aromatic rings. The van der Waals surface area contributed by atoms with Crippen molar-refractivity contribution in [3.63, 3.8) is 0 Å². The second-order valence-electron chi connectivity index (χ2n) is 8.71. The summed E-state index contributed by atoms with van der Waals surface area (Å²) >= 11 is 6.41. The van der Waals surface area contributed by atoms with E-state index in [1.54, 1.807) is 18.3 Å². The summed E-state index contributed by atoms with van der Waals surface area (Å²) in [6.07, 6.45) is 12.3. The first-order valence-electron chi connectivity index (χ1n) is 11.5. The molecule has 1 aromatic heterocycles. The fraction of sp³-hybridized carbons (Fsp3) is 0.609. The van der Waals surface area contributed by atoms with Crippen molar-refractivity contribution in [2.75, 3.05) is 25.0 Å². The largest absolute Gasteiger partial charge is 0.364 e. The van der Waals surface area contributed by atoms with Crippen LogP contribution in [-0.4, -0.2) is 53.7 Å². The Morgan fingerprint density at radius 1 is 1.19 bits per heavy atom. The van der Waals surface area contributed by atoms with Crippen molar-refractivity contribution in [2.24, 2.45) is 5.92 Å². The normalized spacial score (nSPS) is 24.2. The fourth-order valence-electron chi connectivity index (χ4n) is 4.49. The van der Waals surface area contributed by atoms with Gasteiger partial charge in [0.2, 0.25) is 5.91 Å². The highest BCUT2D eigenvalue weighted by Gasteiger charge is 2.32. The molecule has 1 saturated carbocycles. The van der Waals surface area contributed by atoms with E-state index < -0.39 is 0 Å². The summed E-state index contributed by atoms with van der Waals surface area (Å²) < 4.78 is 5.40. The van der Waals surface area contributed by atoms with Crippen LogP contribution >= 0.6 is 11.6 Å². The number of hydrogen-bond donors (Lipinski definition) is 2. The van der Waals surface area contributed by atoms with Crippen molar-refractivity contribution in [1.82, 2.24) is 15.4 Å². The van der Waals surface area contributed by atoms with Crippen LogP contribution in [0.3, 0.4) is 0 Å². The predicted molar refractivity (Wildman–Crippen MR) is 122 cm³/mol. The van der Waals surface area contributed by atoms with Crippen LogP contribution in [0.25, 0.3) is 6.08 Å². The van der Waals surface area contributed by atoms with Crippen molar-refractivity contribution in [1.29, 1.82) is 0 Å². The van der Waals surface area contributed by atoms with Crippen LogP contribution in [0, 0.1) is 5.92 Å². The van der Waals surface area contributed by atoms with Gasteiger partial charge in [0.25, 0.3) is 5.91 Å². The number of ether oxygens (including phenoxy) is 1. The number of anilines is 1. The molecule has 2 atom stereocenters. The first kappa shape index (κ1) is 23.0. The standard InChI is InChI=1S/C23H31ClN4O4/c24-19-13-16(8-9-20(29)27-32-21-7-3-4-12-31-21)14-25-22(19)26-18-10-11-28(15-18)23(30)17-5-1-2-6-17/h8-9,13-14,17-18,21H,1-7,10-12,15H2,(H,25,26)(H,27,29)/b9-8+/t18-,21?/m1/s1. The summed E-state index contributed by atoms with van der Waals surface area (Å²) in [5.74, 6) is 0.713. The highest BCUT2D eigenvalue weighted by Crippen LogP contribution is 2.29. The maximum Gasteiger partial charge on any atom is 0.267 e. The van der Waals surface area contributed by atoms with Crippen molar-refractivity contribution in [3.05, 3.63) is 28.9 Å². The van der Waals surface area contributed by atoms with Gasteiger partial charge in [-0.3, -0.25) is 9.59 Å². The Kier molecular flexibility index (Phi) is 8.00. The highest BCUT2D eigenvalue weighted by atomic mass is 35.5. The van der Waals surface area contributed by atoms with Crippen LogP contribution in [-0.2, 0) is 19.2 Å². The molecular weight excluding hydrogens is 432 g/mol. The number of hydrogen-bond acceptors (Lipinski definition) is 6. The van der Waals surface area contributed by atoms with Crippen molar-refractivity contribution < 1.29 is 19.2 Å². The number of aromatic nitrogens is 1. The van der Waals surface area contributed by atoms with Gasteiger partial charge in [-0.1, -0.05) is 24.4 Å². The highest BCUT2D eigenvalue weighted by molar-refractivity contribution is 6.33. The van der Waals surface area contributed by atoms with Gasteiger partial charge in [-0.05, 0) is 49.8 Å². The quantitative estimate of drug-likeness (QED) is 0.475. The molecular formula is C23H31ClN4O4. The maximum atomic E-state index is 12.6. The summed E-state index contributed by atoms with van der Waals surface area (Å²) in [4.78, 5) is 36.2. The molecule has 8 nitrogen and oxygen atoms in total. The van der Waals surface area contributed by atoms with E-state index in [1.165, 1.54) is 6.08 Å². The second kappa shape index (κ2) is 11.1. The number of nitrogens with zero attached hydrogens (tertiary/aromatic N) is 2. The molecule has 0 bridgehead atoms. The van der Waals surface area contributed by atoms with Crippen molar-refractivity contribution in [3.8, 4) is 0 Å². The second-order valence-corrected chi connectivity index (χ2v) is 9.12. The molecule has 2 saturated heterocycles. The van der Waals surface area contributed by atoms with E-state index in [4.69, 9.17) is 21.2 Å². The first-order chi connectivity index (χ1) is 15.6. The van der Waals surface area contributed by atoms with E-state index in [9.17, 15) is 9.59 Å². The number of pyridine rings is 1. The smallest absolute Gasteiger partial charge is 0.267 e. The third-order valence-corrected chi connectivity index (χ3v) is 6.55. The van der Waals surface area contributed by atoms with Crippen molar-refractivity contribution in [2.45, 2.75) is 63.7 Å². The van der Waals surface area contributed by atoms with Crippen LogP contribution < -0.4 is 10.8 Å². The van der Waals surface area contributed by atoms with E-state index in [1.807, 2.05) is 4.90 Å². The van der Waals surface area contributed by atoms with E-state index in [0.29, 0.717) is 35.5 Å². The SMILES string of the molecule is O=C(/C=C/c1cnc(N[C@@H]2CCN(C(=O)C3CCCC3)C2)c(Cl)c1)NOC1CCCCO1. The van der Waals surface area contributed by atoms with E-state index in [-0.39, 0.29) is 24.2 Å². The number of hydroxylamine groups is 1. The Morgan fingerprint density at radius 3 is 2.75 bits per heavy atom. The molecule has 174 valence electrons. The molecule has 2 N–H and O–H groups in total. The average Bonchev–Trinajstić information content (AvgIpc) is 3.51. The molecule has 0 radical (unpaired) electrons. The summed E-state index contributed by atoms with van der Waals surface area (Å²) in [6.45, 7) is 2.10. The molecule has 0 aromatic carbocycles. The number of halogens is 1. The zero-order valence-electron chi connectivity index (χ0n) is 18.2.